The minimum Gasteiger partial charge on any atom is -0.497 e. The van der Waals surface area contributed by atoms with Crippen LogP contribution in [0, 0.1) is 6.92 Å². The lowest BCUT2D eigenvalue weighted by molar-refractivity contribution is -0.144. The summed E-state index contributed by atoms with van der Waals surface area (Å²) < 4.78 is 12.0. The molecule has 2 amide bonds. The van der Waals surface area contributed by atoms with Gasteiger partial charge in [-0.15, -0.1) is 21.5 Å². The van der Waals surface area contributed by atoms with Gasteiger partial charge in [-0.25, -0.2) is 0 Å². The molecular weight excluding hydrogens is 442 g/mol. The third kappa shape index (κ3) is 5.61. The standard InChI is InChI=1S/C19H19N5O5S2/c1-11-22-23-19(24(11)12-3-5-13(28-2)6-4-12)31-10-16(26)29-9-15(25)21-18-14(17(20)27)7-8-30-18/h3-8H,9-10H2,1-2H3,(H2,20,27)(H,21,25). The Hall–Kier alpha value is -3.38. The molecular formula is C19H19N5O5S2. The van der Waals surface area contributed by atoms with Crippen molar-refractivity contribution in [3.63, 3.8) is 0 Å². The Kier molecular flexibility index (Phi) is 7.26. The fraction of sp³-hybridized carbons (Fsp3) is 0.211. The molecule has 0 aliphatic rings. The maximum absolute atomic E-state index is 12.1. The average molecular weight is 462 g/mol. The number of primary amides is 1. The van der Waals surface area contributed by atoms with Gasteiger partial charge >= 0.3 is 5.97 Å². The second-order valence-electron chi connectivity index (χ2n) is 6.09. The Morgan fingerprint density at radius 1 is 1.19 bits per heavy atom. The van der Waals surface area contributed by atoms with Gasteiger partial charge in [-0.2, -0.15) is 0 Å². The number of amides is 2. The minimum atomic E-state index is -0.652. The number of aryl methyl sites for hydroxylation is 1. The van der Waals surface area contributed by atoms with E-state index < -0.39 is 24.4 Å². The highest BCUT2D eigenvalue weighted by molar-refractivity contribution is 7.99. The minimum absolute atomic E-state index is 0.0624. The van der Waals surface area contributed by atoms with Crippen molar-refractivity contribution < 1.29 is 23.9 Å². The van der Waals surface area contributed by atoms with Gasteiger partial charge in [-0.1, -0.05) is 11.8 Å². The van der Waals surface area contributed by atoms with Crippen LogP contribution >= 0.6 is 23.1 Å². The summed E-state index contributed by atoms with van der Waals surface area (Å²) in [6.07, 6.45) is 0. The fourth-order valence-corrected chi connectivity index (χ4v) is 4.14. The number of thiophene rings is 1. The third-order valence-corrected chi connectivity index (χ3v) is 5.73. The summed E-state index contributed by atoms with van der Waals surface area (Å²) >= 11 is 2.29. The first-order valence-corrected chi connectivity index (χ1v) is 10.8. The van der Waals surface area contributed by atoms with Crippen molar-refractivity contribution in [3.8, 4) is 11.4 Å². The number of ether oxygens (including phenoxy) is 2. The van der Waals surface area contributed by atoms with E-state index in [9.17, 15) is 14.4 Å². The van der Waals surface area contributed by atoms with Gasteiger partial charge in [0.25, 0.3) is 11.8 Å². The normalized spacial score (nSPS) is 10.5. The number of rotatable bonds is 9. The largest absolute Gasteiger partial charge is 0.497 e. The zero-order valence-corrected chi connectivity index (χ0v) is 18.3. The molecule has 31 heavy (non-hydrogen) atoms. The van der Waals surface area contributed by atoms with Crippen LogP contribution < -0.4 is 15.8 Å². The van der Waals surface area contributed by atoms with Crippen LogP contribution in [0.2, 0.25) is 0 Å². The predicted molar refractivity (Wildman–Crippen MR) is 116 cm³/mol. The van der Waals surface area contributed by atoms with Gasteiger partial charge in [0.05, 0.1) is 18.4 Å². The van der Waals surface area contributed by atoms with Crippen molar-refractivity contribution in [3.05, 3.63) is 47.1 Å². The van der Waals surface area contributed by atoms with Crippen molar-refractivity contribution in [2.24, 2.45) is 5.73 Å². The molecule has 12 heteroatoms. The number of methoxy groups -OCH3 is 1. The van der Waals surface area contributed by atoms with E-state index in [-0.39, 0.29) is 11.3 Å². The number of nitrogens with one attached hydrogen (secondary N) is 1. The van der Waals surface area contributed by atoms with E-state index >= 15 is 0 Å². The Morgan fingerprint density at radius 2 is 1.94 bits per heavy atom. The number of anilines is 1. The van der Waals surface area contributed by atoms with Crippen LogP contribution in [-0.2, 0) is 14.3 Å². The van der Waals surface area contributed by atoms with E-state index in [0.29, 0.717) is 16.0 Å². The molecule has 0 spiro atoms. The highest BCUT2D eigenvalue weighted by atomic mass is 32.2. The van der Waals surface area contributed by atoms with Gasteiger partial charge in [-0.3, -0.25) is 19.0 Å². The highest BCUT2D eigenvalue weighted by Gasteiger charge is 2.16. The molecule has 0 aliphatic heterocycles. The lowest BCUT2D eigenvalue weighted by Crippen LogP contribution is -2.22. The van der Waals surface area contributed by atoms with Crippen molar-refractivity contribution in [1.29, 1.82) is 0 Å². The molecule has 0 saturated heterocycles. The number of esters is 1. The summed E-state index contributed by atoms with van der Waals surface area (Å²) in [7, 11) is 1.59. The molecule has 0 bridgehead atoms. The monoisotopic (exact) mass is 461 g/mol. The first-order chi connectivity index (χ1) is 14.9. The van der Waals surface area contributed by atoms with Crippen molar-refractivity contribution in [2.75, 3.05) is 24.8 Å². The predicted octanol–water partition coefficient (Wildman–Crippen LogP) is 2.02. The first-order valence-electron chi connectivity index (χ1n) is 8.91. The maximum Gasteiger partial charge on any atom is 0.316 e. The fourth-order valence-electron chi connectivity index (χ4n) is 2.54. The summed E-state index contributed by atoms with van der Waals surface area (Å²) in [4.78, 5) is 35.3. The number of carbonyl (C=O) groups excluding carboxylic acids is 3. The number of hydrogen-bond donors (Lipinski definition) is 2. The highest BCUT2D eigenvalue weighted by Crippen LogP contribution is 2.24. The third-order valence-electron chi connectivity index (χ3n) is 3.99. The second-order valence-corrected chi connectivity index (χ2v) is 7.95. The number of benzene rings is 1. The number of hydrogen-bond acceptors (Lipinski definition) is 9. The van der Waals surface area contributed by atoms with E-state index in [4.69, 9.17) is 15.2 Å². The summed E-state index contributed by atoms with van der Waals surface area (Å²) in [5, 5.41) is 13.1. The number of nitrogens with zero attached hydrogens (tertiary/aromatic N) is 3. The van der Waals surface area contributed by atoms with Crippen LogP contribution in [0.4, 0.5) is 5.00 Å². The molecule has 3 aromatic rings. The van der Waals surface area contributed by atoms with Gasteiger partial charge < -0.3 is 20.5 Å². The quantitative estimate of drug-likeness (QED) is 0.365. The van der Waals surface area contributed by atoms with E-state index in [1.165, 1.54) is 6.07 Å². The Balaban J connectivity index is 1.53. The molecule has 0 fully saturated rings. The van der Waals surface area contributed by atoms with E-state index in [1.807, 2.05) is 24.3 Å². The first kappa shape index (κ1) is 22.3. The van der Waals surface area contributed by atoms with Gasteiger partial charge in [-0.05, 0) is 42.6 Å². The zero-order valence-electron chi connectivity index (χ0n) is 16.7. The Labute approximate surface area is 185 Å². The van der Waals surface area contributed by atoms with Crippen molar-refractivity contribution >= 4 is 45.9 Å². The molecule has 0 aliphatic carbocycles. The average Bonchev–Trinajstić information content (AvgIpc) is 3.37. The molecule has 10 nitrogen and oxygen atoms in total. The number of nitrogens with two attached hydrogens (primary N) is 1. The van der Waals surface area contributed by atoms with Gasteiger partial charge in [0.15, 0.2) is 11.8 Å². The topological polar surface area (TPSA) is 138 Å². The molecule has 0 radical (unpaired) electrons. The van der Waals surface area contributed by atoms with E-state index in [2.05, 4.69) is 15.5 Å². The smallest absolute Gasteiger partial charge is 0.316 e. The lowest BCUT2D eigenvalue weighted by Gasteiger charge is -2.09. The molecule has 3 N–H and O–H groups in total. The molecule has 0 unspecified atom stereocenters. The van der Waals surface area contributed by atoms with Crippen molar-refractivity contribution in [2.45, 2.75) is 12.1 Å². The molecule has 2 heterocycles. The Morgan fingerprint density at radius 3 is 2.61 bits per heavy atom. The van der Waals surface area contributed by atoms with Crippen LogP contribution in [0.1, 0.15) is 16.2 Å². The number of aromatic nitrogens is 3. The molecule has 0 atom stereocenters. The summed E-state index contributed by atoms with van der Waals surface area (Å²) in [5.41, 5.74) is 6.25. The molecule has 162 valence electrons. The SMILES string of the molecule is COc1ccc(-n2c(C)nnc2SCC(=O)OCC(=O)Nc2sccc2C(N)=O)cc1. The van der Waals surface area contributed by atoms with E-state index in [0.717, 1.165) is 34.5 Å². The van der Waals surface area contributed by atoms with Gasteiger partial charge in [0.2, 0.25) is 0 Å². The molecule has 0 saturated carbocycles. The molecule has 2 aromatic heterocycles. The summed E-state index contributed by atoms with van der Waals surface area (Å²) in [5.74, 6) is -0.504. The summed E-state index contributed by atoms with van der Waals surface area (Å²) in [6.45, 7) is 1.31. The summed E-state index contributed by atoms with van der Waals surface area (Å²) in [6, 6.07) is 8.84. The van der Waals surface area contributed by atoms with E-state index in [1.54, 1.807) is 24.0 Å². The molecule has 3 rings (SSSR count). The number of thioether (sulfide) groups is 1. The lowest BCUT2D eigenvalue weighted by atomic mass is 10.3. The van der Waals surface area contributed by atoms with Crippen LogP contribution in [0.5, 0.6) is 5.75 Å². The molecule has 1 aromatic carbocycles. The van der Waals surface area contributed by atoms with Crippen LogP contribution in [0.15, 0.2) is 40.9 Å². The zero-order chi connectivity index (χ0) is 22.4. The van der Waals surface area contributed by atoms with Crippen LogP contribution in [0.25, 0.3) is 5.69 Å². The van der Waals surface area contributed by atoms with Gasteiger partial charge in [0.1, 0.15) is 16.6 Å². The van der Waals surface area contributed by atoms with Crippen molar-refractivity contribution in [1.82, 2.24) is 14.8 Å². The maximum atomic E-state index is 12.1. The van der Waals surface area contributed by atoms with Crippen LogP contribution in [-0.4, -0.2) is 52.0 Å². The Bertz CT molecular complexity index is 1090. The number of carbonyl (C=O) groups is 3. The second kappa shape index (κ2) is 10.1. The van der Waals surface area contributed by atoms with Crippen LogP contribution in [0.3, 0.4) is 0 Å². The van der Waals surface area contributed by atoms with Gasteiger partial charge in [0, 0.05) is 5.69 Å².